The molecule has 0 fully saturated rings. The van der Waals surface area contributed by atoms with E-state index in [4.69, 9.17) is 17.0 Å². The summed E-state index contributed by atoms with van der Waals surface area (Å²) in [5.74, 6) is 0.250. The molecular formula is C19H19NO3S2. The molecule has 4 nitrogen and oxygen atoms in total. The first-order valence-corrected chi connectivity index (χ1v) is 9.62. The monoisotopic (exact) mass is 373 g/mol. The number of rotatable bonds is 6. The number of ether oxygens (including phenoxy) is 1. The van der Waals surface area contributed by atoms with Gasteiger partial charge in [0.25, 0.3) is 0 Å². The molecule has 1 aliphatic rings. The van der Waals surface area contributed by atoms with Crippen molar-refractivity contribution in [3.8, 4) is 0 Å². The predicted octanol–water partition coefficient (Wildman–Crippen LogP) is 3.83. The normalized spacial score (nSPS) is 15.6. The second kappa shape index (κ2) is 7.97. The SMILES string of the molecule is CCOC(=S)SCC(=O)C1CCn2c(C(=O)c3ccccc3)ccc21. The first-order chi connectivity index (χ1) is 12.1. The molecule has 1 atom stereocenters. The third-order valence-electron chi connectivity index (χ3n) is 4.26. The molecule has 1 aliphatic heterocycles. The lowest BCUT2D eigenvalue weighted by atomic mass is 10.0. The van der Waals surface area contributed by atoms with Crippen LogP contribution in [0.15, 0.2) is 42.5 Å². The van der Waals surface area contributed by atoms with E-state index in [0.29, 0.717) is 34.5 Å². The standard InChI is InChI=1S/C19H19NO3S2/c1-2-23-19(24)25-12-17(21)14-10-11-20-15(14)8-9-16(20)18(22)13-6-4-3-5-7-13/h3-9,14H,2,10-12H2,1H3. The van der Waals surface area contributed by atoms with E-state index in [9.17, 15) is 9.59 Å². The van der Waals surface area contributed by atoms with Crippen molar-refractivity contribution in [2.45, 2.75) is 25.8 Å². The van der Waals surface area contributed by atoms with Crippen LogP contribution in [-0.2, 0) is 16.1 Å². The van der Waals surface area contributed by atoms with Gasteiger partial charge in [-0.3, -0.25) is 9.59 Å². The van der Waals surface area contributed by atoms with E-state index >= 15 is 0 Å². The van der Waals surface area contributed by atoms with E-state index in [1.165, 1.54) is 11.8 Å². The molecular weight excluding hydrogens is 354 g/mol. The molecule has 0 saturated heterocycles. The molecule has 3 rings (SSSR count). The van der Waals surface area contributed by atoms with Crippen LogP contribution < -0.4 is 0 Å². The highest BCUT2D eigenvalue weighted by Gasteiger charge is 2.31. The summed E-state index contributed by atoms with van der Waals surface area (Å²) in [5, 5.41) is 0. The average molecular weight is 373 g/mol. The van der Waals surface area contributed by atoms with Gasteiger partial charge in [0, 0.05) is 17.8 Å². The number of hydrogen-bond acceptors (Lipinski definition) is 5. The zero-order valence-corrected chi connectivity index (χ0v) is 15.6. The molecule has 1 unspecified atom stereocenters. The van der Waals surface area contributed by atoms with Crippen LogP contribution in [0.4, 0.5) is 0 Å². The Balaban J connectivity index is 1.72. The molecule has 130 valence electrons. The molecule has 0 saturated carbocycles. The molecule has 0 amide bonds. The second-order valence-corrected chi connectivity index (χ2v) is 7.35. The topological polar surface area (TPSA) is 48.3 Å². The molecule has 25 heavy (non-hydrogen) atoms. The highest BCUT2D eigenvalue weighted by atomic mass is 32.2. The number of aromatic nitrogens is 1. The minimum Gasteiger partial charge on any atom is -0.479 e. The zero-order valence-electron chi connectivity index (χ0n) is 13.9. The molecule has 0 bridgehead atoms. The quantitative estimate of drug-likeness (QED) is 0.569. The highest BCUT2D eigenvalue weighted by molar-refractivity contribution is 8.23. The second-order valence-electron chi connectivity index (χ2n) is 5.77. The van der Waals surface area contributed by atoms with Crippen molar-refractivity contribution in [2.75, 3.05) is 12.4 Å². The van der Waals surface area contributed by atoms with Crippen LogP contribution in [0.25, 0.3) is 0 Å². The minimum absolute atomic E-state index is 0.00755. The third kappa shape index (κ3) is 3.85. The molecule has 0 N–H and O–H groups in total. The minimum atomic E-state index is -0.172. The van der Waals surface area contributed by atoms with Gasteiger partial charge in [0.15, 0.2) is 5.78 Å². The number of ketones is 2. The molecule has 0 aliphatic carbocycles. The van der Waals surface area contributed by atoms with Crippen LogP contribution >= 0.6 is 24.0 Å². The maximum Gasteiger partial charge on any atom is 0.220 e. The van der Waals surface area contributed by atoms with Crippen LogP contribution in [0.2, 0.25) is 0 Å². The number of nitrogens with zero attached hydrogens (tertiary/aromatic N) is 1. The lowest BCUT2D eigenvalue weighted by molar-refractivity contribution is -0.117. The van der Waals surface area contributed by atoms with Crippen molar-refractivity contribution in [2.24, 2.45) is 0 Å². The summed E-state index contributed by atoms with van der Waals surface area (Å²) in [7, 11) is 0. The molecule has 0 radical (unpaired) electrons. The lowest BCUT2D eigenvalue weighted by Crippen LogP contribution is -2.14. The Hall–Kier alpha value is -1.92. The van der Waals surface area contributed by atoms with E-state index < -0.39 is 0 Å². The van der Waals surface area contributed by atoms with Gasteiger partial charge in [-0.05, 0) is 37.7 Å². The third-order valence-corrected chi connectivity index (χ3v) is 5.52. The molecule has 1 aromatic heterocycles. The summed E-state index contributed by atoms with van der Waals surface area (Å²) in [6, 6.07) is 12.9. The van der Waals surface area contributed by atoms with E-state index in [0.717, 1.165) is 12.1 Å². The van der Waals surface area contributed by atoms with Crippen LogP contribution in [0.5, 0.6) is 0 Å². The first kappa shape index (κ1) is 17.9. The van der Waals surface area contributed by atoms with Crippen LogP contribution in [0, 0.1) is 0 Å². The Morgan fingerprint density at radius 3 is 2.72 bits per heavy atom. The lowest BCUT2D eigenvalue weighted by Gasteiger charge is -2.09. The summed E-state index contributed by atoms with van der Waals surface area (Å²) in [4.78, 5) is 25.2. The summed E-state index contributed by atoms with van der Waals surface area (Å²) in [6.45, 7) is 3.06. The van der Waals surface area contributed by atoms with Crippen LogP contribution in [0.3, 0.4) is 0 Å². The molecule has 6 heteroatoms. The summed E-state index contributed by atoms with van der Waals surface area (Å²) < 4.78 is 7.58. The summed E-state index contributed by atoms with van der Waals surface area (Å²) in [6.07, 6.45) is 0.728. The van der Waals surface area contributed by atoms with Gasteiger partial charge in [0.1, 0.15) is 0 Å². The Morgan fingerprint density at radius 2 is 2.00 bits per heavy atom. The number of carbonyl (C=O) groups is 2. The zero-order chi connectivity index (χ0) is 17.8. The predicted molar refractivity (Wildman–Crippen MR) is 103 cm³/mol. The van der Waals surface area contributed by atoms with Gasteiger partial charge in [0.05, 0.1) is 24.0 Å². The van der Waals surface area contributed by atoms with Crippen molar-refractivity contribution >= 4 is 39.9 Å². The number of thiocarbonyl (C=S) groups is 1. The smallest absolute Gasteiger partial charge is 0.220 e. The highest BCUT2D eigenvalue weighted by Crippen LogP contribution is 2.33. The Morgan fingerprint density at radius 1 is 1.24 bits per heavy atom. The fourth-order valence-corrected chi connectivity index (χ4v) is 4.05. The molecule has 0 spiro atoms. The van der Waals surface area contributed by atoms with Crippen LogP contribution in [-0.4, -0.2) is 32.9 Å². The van der Waals surface area contributed by atoms with Crippen molar-refractivity contribution < 1.29 is 14.3 Å². The number of carbonyl (C=O) groups excluding carboxylic acids is 2. The van der Waals surface area contributed by atoms with Crippen molar-refractivity contribution in [1.29, 1.82) is 0 Å². The molecule has 1 aromatic carbocycles. The van der Waals surface area contributed by atoms with Gasteiger partial charge in [0.2, 0.25) is 10.2 Å². The van der Waals surface area contributed by atoms with Crippen LogP contribution in [0.1, 0.15) is 41.0 Å². The number of thioether (sulfide) groups is 1. The van der Waals surface area contributed by atoms with Gasteiger partial charge in [-0.2, -0.15) is 0 Å². The number of Topliss-reactive ketones (excluding diaryl/α,β-unsaturated/α-hetero) is 1. The van der Waals surface area contributed by atoms with Gasteiger partial charge in [-0.15, -0.1) is 0 Å². The van der Waals surface area contributed by atoms with E-state index in [1.807, 2.05) is 54.0 Å². The van der Waals surface area contributed by atoms with E-state index in [2.05, 4.69) is 0 Å². The molecule has 2 aromatic rings. The van der Waals surface area contributed by atoms with Gasteiger partial charge < -0.3 is 9.30 Å². The van der Waals surface area contributed by atoms with Gasteiger partial charge in [-0.25, -0.2) is 0 Å². The first-order valence-electron chi connectivity index (χ1n) is 8.23. The van der Waals surface area contributed by atoms with E-state index in [-0.39, 0.29) is 17.5 Å². The number of fused-ring (bicyclic) bond motifs is 1. The average Bonchev–Trinajstić information content (AvgIpc) is 3.22. The number of benzene rings is 1. The fourth-order valence-electron chi connectivity index (χ4n) is 3.10. The fraction of sp³-hybridized carbons (Fsp3) is 0.316. The van der Waals surface area contributed by atoms with Crippen molar-refractivity contribution in [3.05, 3.63) is 59.4 Å². The van der Waals surface area contributed by atoms with E-state index in [1.54, 1.807) is 0 Å². The maximum absolute atomic E-state index is 12.7. The summed E-state index contributed by atoms with van der Waals surface area (Å²) >= 11 is 6.32. The Kier molecular flexibility index (Phi) is 5.71. The Bertz CT molecular complexity index is 798. The molecule has 2 heterocycles. The van der Waals surface area contributed by atoms with Crippen molar-refractivity contribution in [3.63, 3.8) is 0 Å². The van der Waals surface area contributed by atoms with Gasteiger partial charge >= 0.3 is 0 Å². The van der Waals surface area contributed by atoms with Gasteiger partial charge in [-0.1, -0.05) is 42.1 Å². The maximum atomic E-state index is 12.7. The largest absolute Gasteiger partial charge is 0.479 e. The Labute approximate surface area is 156 Å². The summed E-state index contributed by atoms with van der Waals surface area (Å²) in [5.41, 5.74) is 2.23. The number of hydrogen-bond donors (Lipinski definition) is 0. The van der Waals surface area contributed by atoms with Crippen molar-refractivity contribution in [1.82, 2.24) is 4.57 Å².